The molecule has 0 N–H and O–H groups in total. The molecule has 0 saturated carbocycles. The Bertz CT molecular complexity index is 3540. The average molecular weight is 739 g/mol. The van der Waals surface area contributed by atoms with Gasteiger partial charge in [0.25, 0.3) is 0 Å². The number of hydrogen-bond acceptors (Lipinski definition) is 2. The van der Waals surface area contributed by atoms with Crippen LogP contribution in [-0.2, 0) is 0 Å². The molecule has 0 unspecified atom stereocenters. The fourth-order valence-electron chi connectivity index (χ4n) is 9.11. The highest BCUT2D eigenvalue weighted by molar-refractivity contribution is 6.24. The van der Waals surface area contributed by atoms with E-state index in [1.54, 1.807) is 0 Å². The second-order valence-electron chi connectivity index (χ2n) is 15.0. The molecule has 4 nitrogen and oxygen atoms in total. The molecule has 3 aromatic heterocycles. The predicted octanol–water partition coefficient (Wildman–Crippen LogP) is 14.0. The Kier molecular flexibility index (Phi) is 7.20. The monoisotopic (exact) mass is 738 g/mol. The van der Waals surface area contributed by atoms with E-state index >= 15 is 0 Å². The lowest BCUT2D eigenvalue weighted by Gasteiger charge is -2.14. The zero-order valence-electron chi connectivity index (χ0n) is 31.4. The Morgan fingerprint density at radius 1 is 0.310 bits per heavy atom. The summed E-state index contributed by atoms with van der Waals surface area (Å²) in [6, 6.07) is 73.8. The van der Waals surface area contributed by atoms with Gasteiger partial charge in [0.2, 0.25) is 5.95 Å². The number of benzene rings is 9. The predicted molar refractivity (Wildman–Crippen MR) is 242 cm³/mol. The number of fused-ring (bicyclic) bond motifs is 9. The van der Waals surface area contributed by atoms with Gasteiger partial charge in [0.05, 0.1) is 33.3 Å². The van der Waals surface area contributed by atoms with Gasteiger partial charge in [0.1, 0.15) is 0 Å². The van der Waals surface area contributed by atoms with Crippen LogP contribution in [0.25, 0.3) is 110 Å². The van der Waals surface area contributed by atoms with Crippen LogP contribution in [0.2, 0.25) is 0 Å². The molecule has 12 rings (SSSR count). The molecule has 58 heavy (non-hydrogen) atoms. The number of nitrogens with zero attached hydrogens (tertiary/aromatic N) is 4. The second kappa shape index (κ2) is 12.9. The maximum atomic E-state index is 5.38. The normalized spacial score (nSPS) is 11.8. The lowest BCUT2D eigenvalue weighted by Crippen LogP contribution is -2.03. The molecule has 12 aromatic rings. The zero-order valence-corrected chi connectivity index (χ0v) is 31.4. The molecule has 0 aliphatic carbocycles. The van der Waals surface area contributed by atoms with Gasteiger partial charge in [-0.05, 0) is 75.5 Å². The molecule has 0 spiro atoms. The Balaban J connectivity index is 1.13. The van der Waals surface area contributed by atoms with Gasteiger partial charge in [0, 0.05) is 38.2 Å². The summed E-state index contributed by atoms with van der Waals surface area (Å²) in [4.78, 5) is 10.7. The van der Waals surface area contributed by atoms with Gasteiger partial charge < -0.3 is 4.57 Å². The number of rotatable bonds is 5. The van der Waals surface area contributed by atoms with E-state index in [4.69, 9.17) is 9.97 Å². The SMILES string of the molecule is c1ccc(-c2ccc(-n3c4ccccc4c4ccc(-c5cc6c(c7ccccc57)c5ccccc5n6-c5nc(-c6ccccc6)c6ccccc6n5)cc43)cc2)cc1. The molecule has 0 fully saturated rings. The van der Waals surface area contributed by atoms with Crippen molar-refractivity contribution in [3.8, 4) is 45.1 Å². The van der Waals surface area contributed by atoms with E-state index in [-0.39, 0.29) is 0 Å². The Hall–Kier alpha value is -7.82. The lowest BCUT2D eigenvalue weighted by molar-refractivity contribution is 1.01. The van der Waals surface area contributed by atoms with Crippen LogP contribution >= 0.6 is 0 Å². The maximum absolute atomic E-state index is 5.38. The van der Waals surface area contributed by atoms with Gasteiger partial charge in [-0.1, -0.05) is 164 Å². The molecule has 0 bridgehead atoms. The van der Waals surface area contributed by atoms with Crippen molar-refractivity contribution in [2.24, 2.45) is 0 Å². The van der Waals surface area contributed by atoms with Crippen LogP contribution in [-0.4, -0.2) is 19.1 Å². The molecular weight excluding hydrogens is 705 g/mol. The summed E-state index contributed by atoms with van der Waals surface area (Å²) in [6.45, 7) is 0. The third-order valence-electron chi connectivity index (χ3n) is 11.7. The van der Waals surface area contributed by atoms with Crippen molar-refractivity contribution in [1.29, 1.82) is 0 Å². The van der Waals surface area contributed by atoms with Crippen molar-refractivity contribution in [3.05, 3.63) is 206 Å². The summed E-state index contributed by atoms with van der Waals surface area (Å²) in [6.07, 6.45) is 0. The number of hydrogen-bond donors (Lipinski definition) is 0. The Morgan fingerprint density at radius 2 is 0.862 bits per heavy atom. The van der Waals surface area contributed by atoms with Crippen LogP contribution in [0, 0.1) is 0 Å². The molecule has 9 aromatic carbocycles. The smallest absolute Gasteiger partial charge is 0.235 e. The van der Waals surface area contributed by atoms with E-state index < -0.39 is 0 Å². The average Bonchev–Trinajstić information content (AvgIpc) is 3.81. The van der Waals surface area contributed by atoms with Gasteiger partial charge >= 0.3 is 0 Å². The Labute approximate surface area is 334 Å². The van der Waals surface area contributed by atoms with Crippen LogP contribution < -0.4 is 0 Å². The largest absolute Gasteiger partial charge is 0.309 e. The van der Waals surface area contributed by atoms with Crippen molar-refractivity contribution < 1.29 is 0 Å². The van der Waals surface area contributed by atoms with E-state index in [1.165, 1.54) is 54.5 Å². The first-order valence-corrected chi connectivity index (χ1v) is 19.8. The highest BCUT2D eigenvalue weighted by atomic mass is 15.2. The quantitative estimate of drug-likeness (QED) is 0.176. The van der Waals surface area contributed by atoms with Gasteiger partial charge in [-0.15, -0.1) is 0 Å². The third-order valence-corrected chi connectivity index (χ3v) is 11.7. The summed E-state index contributed by atoms with van der Waals surface area (Å²) in [5, 5.41) is 8.27. The van der Waals surface area contributed by atoms with Crippen molar-refractivity contribution in [2.75, 3.05) is 0 Å². The van der Waals surface area contributed by atoms with E-state index in [2.05, 4.69) is 209 Å². The summed E-state index contributed by atoms with van der Waals surface area (Å²) in [5.41, 5.74) is 13.2. The molecule has 4 heteroatoms. The van der Waals surface area contributed by atoms with Gasteiger partial charge in [-0.3, -0.25) is 4.57 Å². The summed E-state index contributed by atoms with van der Waals surface area (Å²) in [5.74, 6) is 0.652. The first kappa shape index (κ1) is 32.4. The summed E-state index contributed by atoms with van der Waals surface area (Å²) in [7, 11) is 0. The highest BCUT2D eigenvalue weighted by Crippen LogP contribution is 2.43. The third kappa shape index (κ3) is 4.95. The first-order valence-electron chi connectivity index (χ1n) is 19.8. The van der Waals surface area contributed by atoms with Crippen LogP contribution in [0.1, 0.15) is 0 Å². The van der Waals surface area contributed by atoms with Gasteiger partial charge in [0.15, 0.2) is 0 Å². The van der Waals surface area contributed by atoms with E-state index in [0.29, 0.717) is 5.95 Å². The first-order chi connectivity index (χ1) is 28.8. The van der Waals surface area contributed by atoms with Crippen LogP contribution in [0.4, 0.5) is 0 Å². The fraction of sp³-hybridized carbons (Fsp3) is 0. The molecule has 0 amide bonds. The van der Waals surface area contributed by atoms with Gasteiger partial charge in [-0.25, -0.2) is 9.97 Å². The molecule has 0 aliphatic rings. The van der Waals surface area contributed by atoms with Crippen molar-refractivity contribution in [1.82, 2.24) is 19.1 Å². The minimum Gasteiger partial charge on any atom is -0.309 e. The summed E-state index contributed by atoms with van der Waals surface area (Å²) < 4.78 is 4.68. The van der Waals surface area contributed by atoms with Crippen LogP contribution in [0.5, 0.6) is 0 Å². The molecule has 270 valence electrons. The topological polar surface area (TPSA) is 35.6 Å². The minimum absolute atomic E-state index is 0.652. The minimum atomic E-state index is 0.652. The highest BCUT2D eigenvalue weighted by Gasteiger charge is 2.21. The van der Waals surface area contributed by atoms with Crippen LogP contribution in [0.15, 0.2) is 206 Å². The van der Waals surface area contributed by atoms with Crippen molar-refractivity contribution in [2.45, 2.75) is 0 Å². The molecule has 0 aliphatic heterocycles. The molecule has 0 saturated heterocycles. The summed E-state index contributed by atoms with van der Waals surface area (Å²) >= 11 is 0. The van der Waals surface area contributed by atoms with E-state index in [1.807, 2.05) is 6.07 Å². The number of para-hydroxylation sites is 3. The lowest BCUT2D eigenvalue weighted by atomic mass is 9.94. The second-order valence-corrected chi connectivity index (χ2v) is 15.0. The molecule has 0 atom stereocenters. The zero-order chi connectivity index (χ0) is 38.2. The van der Waals surface area contributed by atoms with Crippen molar-refractivity contribution in [3.63, 3.8) is 0 Å². The van der Waals surface area contributed by atoms with E-state index in [0.717, 1.165) is 50.0 Å². The number of aromatic nitrogens is 4. The van der Waals surface area contributed by atoms with Crippen molar-refractivity contribution >= 4 is 65.3 Å². The standard InChI is InChI=1S/C54H34N4/c1-3-15-35(16-4-1)36-27-30-39(31-28-36)57-48-25-13-10-20-41(48)42-32-29-38(33-50(42)57)46-34-51-52(43-21-8-7-19-40(43)46)45-23-11-14-26-49(45)58(51)54-55-47-24-12-9-22-44(47)53(56-54)37-17-5-2-6-18-37/h1-34H. The maximum Gasteiger partial charge on any atom is 0.235 e. The fourth-order valence-corrected chi connectivity index (χ4v) is 9.11. The van der Waals surface area contributed by atoms with E-state index in [9.17, 15) is 0 Å². The van der Waals surface area contributed by atoms with Crippen LogP contribution in [0.3, 0.4) is 0 Å². The molecule has 3 heterocycles. The molecule has 0 radical (unpaired) electrons. The van der Waals surface area contributed by atoms with Gasteiger partial charge in [-0.2, -0.15) is 0 Å². The Morgan fingerprint density at radius 3 is 1.62 bits per heavy atom. The molecular formula is C54H34N4.